The van der Waals surface area contributed by atoms with Crippen molar-refractivity contribution in [2.75, 3.05) is 0 Å². The first-order valence-corrected chi connectivity index (χ1v) is 5.44. The van der Waals surface area contributed by atoms with Crippen LogP contribution in [0.5, 0.6) is 0 Å². The molecule has 0 nitrogen and oxygen atoms in total. The lowest BCUT2D eigenvalue weighted by atomic mass is 10.1. The van der Waals surface area contributed by atoms with Crippen LogP contribution < -0.4 is 0 Å². The van der Waals surface area contributed by atoms with E-state index in [-0.39, 0.29) is 0 Å². The molecule has 0 aliphatic rings. The average Bonchev–Trinajstić information content (AvgIpc) is 2.25. The zero-order valence-electron chi connectivity index (χ0n) is 9.14. The van der Waals surface area contributed by atoms with Gasteiger partial charge in [0.25, 0.3) is 0 Å². The van der Waals surface area contributed by atoms with Crippen LogP contribution in [0.15, 0.2) is 24.3 Å². The molecular formula is C14H18. The van der Waals surface area contributed by atoms with E-state index in [4.69, 9.17) is 0 Å². The fourth-order valence-electron chi connectivity index (χ4n) is 1.25. The van der Waals surface area contributed by atoms with Gasteiger partial charge in [-0.15, -0.1) is 0 Å². The summed E-state index contributed by atoms with van der Waals surface area (Å²) in [5, 5.41) is 0. The number of aryl methyl sites for hydroxylation is 1. The zero-order valence-corrected chi connectivity index (χ0v) is 9.14. The molecule has 0 heterocycles. The van der Waals surface area contributed by atoms with Crippen LogP contribution in [0.1, 0.15) is 44.2 Å². The molecule has 0 N–H and O–H groups in total. The van der Waals surface area contributed by atoms with Gasteiger partial charge in [-0.25, -0.2) is 0 Å². The van der Waals surface area contributed by atoms with Crippen LogP contribution >= 0.6 is 0 Å². The molecule has 0 unspecified atom stereocenters. The number of unbranched alkanes of at least 4 members (excludes halogenated alkanes) is 2. The van der Waals surface area contributed by atoms with Gasteiger partial charge in [-0.3, -0.25) is 0 Å². The second-order valence-electron chi connectivity index (χ2n) is 3.46. The molecule has 0 spiro atoms. The van der Waals surface area contributed by atoms with E-state index in [1.165, 1.54) is 18.4 Å². The van der Waals surface area contributed by atoms with E-state index in [9.17, 15) is 0 Å². The van der Waals surface area contributed by atoms with E-state index in [2.05, 4.69) is 50.0 Å². The standard InChI is InChI=1S/C14H18/c1-3-5-6-7-8-14-11-9-13(4-2)10-12-14/h9-12H,3-6H2,1-2H3. The van der Waals surface area contributed by atoms with E-state index in [0.29, 0.717) is 0 Å². The molecule has 74 valence electrons. The second kappa shape index (κ2) is 6.27. The van der Waals surface area contributed by atoms with Gasteiger partial charge in [-0.2, -0.15) is 0 Å². The lowest BCUT2D eigenvalue weighted by Gasteiger charge is -1.94. The van der Waals surface area contributed by atoms with Gasteiger partial charge in [-0.05, 0) is 30.5 Å². The van der Waals surface area contributed by atoms with Crippen molar-refractivity contribution in [2.45, 2.75) is 39.5 Å². The molecule has 0 aliphatic carbocycles. The molecule has 0 fully saturated rings. The highest BCUT2D eigenvalue weighted by Crippen LogP contribution is 2.03. The fraction of sp³-hybridized carbons (Fsp3) is 0.429. The van der Waals surface area contributed by atoms with Gasteiger partial charge in [0, 0.05) is 12.0 Å². The fourth-order valence-corrected chi connectivity index (χ4v) is 1.25. The predicted octanol–water partition coefficient (Wildman–Crippen LogP) is 3.79. The SMILES string of the molecule is CCCCC#Cc1ccc(CC)cc1. The molecule has 0 saturated heterocycles. The van der Waals surface area contributed by atoms with Crippen LogP contribution in [0.25, 0.3) is 0 Å². The molecular weight excluding hydrogens is 168 g/mol. The molecule has 0 radical (unpaired) electrons. The van der Waals surface area contributed by atoms with Gasteiger partial charge in [0.2, 0.25) is 0 Å². The zero-order chi connectivity index (χ0) is 10.2. The first kappa shape index (κ1) is 10.9. The van der Waals surface area contributed by atoms with Crippen molar-refractivity contribution < 1.29 is 0 Å². The van der Waals surface area contributed by atoms with Crippen molar-refractivity contribution >= 4 is 0 Å². The Hall–Kier alpha value is -1.22. The molecule has 1 rings (SSSR count). The second-order valence-corrected chi connectivity index (χ2v) is 3.46. The van der Waals surface area contributed by atoms with E-state index in [0.717, 1.165) is 18.4 Å². The minimum absolute atomic E-state index is 1.02. The highest BCUT2D eigenvalue weighted by Gasteiger charge is 1.88. The Labute approximate surface area is 87.4 Å². The van der Waals surface area contributed by atoms with E-state index < -0.39 is 0 Å². The molecule has 14 heavy (non-hydrogen) atoms. The summed E-state index contributed by atoms with van der Waals surface area (Å²) in [6.45, 7) is 4.36. The van der Waals surface area contributed by atoms with Crippen molar-refractivity contribution in [3.8, 4) is 11.8 Å². The van der Waals surface area contributed by atoms with Crippen LogP contribution in [-0.4, -0.2) is 0 Å². The number of hydrogen-bond acceptors (Lipinski definition) is 0. The Bertz CT molecular complexity index is 308. The summed E-state index contributed by atoms with van der Waals surface area (Å²) in [6.07, 6.45) is 4.55. The first-order chi connectivity index (χ1) is 6.86. The average molecular weight is 186 g/mol. The Balaban J connectivity index is 2.53. The van der Waals surface area contributed by atoms with E-state index in [1.807, 2.05) is 0 Å². The van der Waals surface area contributed by atoms with Gasteiger partial charge in [-0.1, -0.05) is 44.2 Å². The lowest BCUT2D eigenvalue weighted by Crippen LogP contribution is -1.80. The van der Waals surface area contributed by atoms with Crippen molar-refractivity contribution in [3.05, 3.63) is 35.4 Å². The summed E-state index contributed by atoms with van der Waals surface area (Å²) in [4.78, 5) is 0. The Morgan fingerprint density at radius 1 is 1.07 bits per heavy atom. The first-order valence-electron chi connectivity index (χ1n) is 5.44. The van der Waals surface area contributed by atoms with Crippen molar-refractivity contribution in [3.63, 3.8) is 0 Å². The highest BCUT2D eigenvalue weighted by atomic mass is 13.9. The van der Waals surface area contributed by atoms with Crippen LogP contribution in [0.2, 0.25) is 0 Å². The summed E-state index contributed by atoms with van der Waals surface area (Å²) >= 11 is 0. The molecule has 0 aromatic heterocycles. The maximum atomic E-state index is 3.19. The van der Waals surface area contributed by atoms with Gasteiger partial charge in [0.15, 0.2) is 0 Å². The number of hydrogen-bond donors (Lipinski definition) is 0. The molecule has 0 aliphatic heterocycles. The van der Waals surface area contributed by atoms with Crippen LogP contribution in [-0.2, 0) is 6.42 Å². The third-order valence-electron chi connectivity index (χ3n) is 2.25. The minimum atomic E-state index is 1.02. The third-order valence-corrected chi connectivity index (χ3v) is 2.25. The summed E-state index contributed by atoms with van der Waals surface area (Å²) in [5.74, 6) is 6.37. The molecule has 1 aromatic rings. The van der Waals surface area contributed by atoms with Crippen LogP contribution in [0, 0.1) is 11.8 Å². The molecule has 0 atom stereocenters. The van der Waals surface area contributed by atoms with Gasteiger partial charge in [0.05, 0.1) is 0 Å². The summed E-state index contributed by atoms with van der Waals surface area (Å²) in [7, 11) is 0. The monoisotopic (exact) mass is 186 g/mol. The minimum Gasteiger partial charge on any atom is -0.0979 e. The van der Waals surface area contributed by atoms with Crippen molar-refractivity contribution in [1.82, 2.24) is 0 Å². The van der Waals surface area contributed by atoms with Gasteiger partial charge < -0.3 is 0 Å². The Morgan fingerprint density at radius 2 is 1.79 bits per heavy atom. The van der Waals surface area contributed by atoms with Crippen molar-refractivity contribution in [2.24, 2.45) is 0 Å². The van der Waals surface area contributed by atoms with Gasteiger partial charge >= 0.3 is 0 Å². The maximum Gasteiger partial charge on any atom is 0.0245 e. The lowest BCUT2D eigenvalue weighted by molar-refractivity contribution is 0.828. The molecule has 0 saturated carbocycles. The van der Waals surface area contributed by atoms with E-state index in [1.54, 1.807) is 0 Å². The summed E-state index contributed by atoms with van der Waals surface area (Å²) in [5.41, 5.74) is 2.52. The smallest absolute Gasteiger partial charge is 0.0245 e. The quantitative estimate of drug-likeness (QED) is 0.497. The summed E-state index contributed by atoms with van der Waals surface area (Å²) < 4.78 is 0. The Morgan fingerprint density at radius 3 is 2.36 bits per heavy atom. The third kappa shape index (κ3) is 3.66. The largest absolute Gasteiger partial charge is 0.0979 e. The maximum absolute atomic E-state index is 3.19. The van der Waals surface area contributed by atoms with Crippen LogP contribution in [0.3, 0.4) is 0 Å². The van der Waals surface area contributed by atoms with Crippen molar-refractivity contribution in [1.29, 1.82) is 0 Å². The number of benzene rings is 1. The molecule has 0 bridgehead atoms. The Kier molecular flexibility index (Phi) is 4.86. The molecule has 0 heteroatoms. The predicted molar refractivity (Wildman–Crippen MR) is 62.2 cm³/mol. The molecule has 0 amide bonds. The van der Waals surface area contributed by atoms with Gasteiger partial charge in [0.1, 0.15) is 0 Å². The highest BCUT2D eigenvalue weighted by molar-refractivity contribution is 5.36. The number of rotatable bonds is 3. The molecule has 1 aromatic carbocycles. The van der Waals surface area contributed by atoms with E-state index >= 15 is 0 Å². The summed E-state index contributed by atoms with van der Waals surface area (Å²) in [6, 6.07) is 8.53. The van der Waals surface area contributed by atoms with Crippen LogP contribution in [0.4, 0.5) is 0 Å². The normalized spacial score (nSPS) is 9.29. The topological polar surface area (TPSA) is 0 Å².